The standard InChI is InChI=1S/C24H33N3O6S/c1-16-12-21(26-34(2,29)30)22-15-33-20-8-6-17(7-9-20)18-4-5-19(14-25)23(13-18)31-10-3-11-32-24(28)27(16)22/h4-5,13,16-17,20-22,26H,3,6-12,15H2,1-2H3/t16?,17?,20?,21-,22?/m0/s1. The summed E-state index contributed by atoms with van der Waals surface area (Å²) in [4.78, 5) is 14.6. The number of carbonyl (C=O) groups is 1. The van der Waals surface area contributed by atoms with Gasteiger partial charge in [0.1, 0.15) is 11.8 Å². The number of carbonyl (C=O) groups excluding carboxylic acids is 1. The van der Waals surface area contributed by atoms with Gasteiger partial charge in [0.25, 0.3) is 0 Å². The van der Waals surface area contributed by atoms with Crippen molar-refractivity contribution < 1.29 is 27.4 Å². The van der Waals surface area contributed by atoms with Crippen LogP contribution < -0.4 is 9.46 Å². The zero-order valence-corrected chi connectivity index (χ0v) is 20.6. The van der Waals surface area contributed by atoms with Crippen LogP contribution in [0.1, 0.15) is 62.5 Å². The molecule has 9 nitrogen and oxygen atoms in total. The van der Waals surface area contributed by atoms with Crippen molar-refractivity contribution in [2.24, 2.45) is 0 Å². The maximum Gasteiger partial charge on any atom is 0.410 e. The zero-order chi connectivity index (χ0) is 24.3. The Kier molecular flexibility index (Phi) is 7.65. The number of amides is 1. The molecule has 4 bridgehead atoms. The minimum atomic E-state index is -3.44. The minimum Gasteiger partial charge on any atom is -0.492 e. The first kappa shape index (κ1) is 24.8. The molecule has 3 atom stereocenters. The van der Waals surface area contributed by atoms with E-state index < -0.39 is 28.2 Å². The Bertz CT molecular complexity index is 1030. The number of hydrogen-bond acceptors (Lipinski definition) is 7. The van der Waals surface area contributed by atoms with Crippen LogP contribution in [0.2, 0.25) is 0 Å². The van der Waals surface area contributed by atoms with E-state index in [-0.39, 0.29) is 25.4 Å². The molecule has 0 radical (unpaired) electrons. The van der Waals surface area contributed by atoms with Crippen LogP contribution in [-0.2, 0) is 19.5 Å². The van der Waals surface area contributed by atoms with Crippen molar-refractivity contribution in [1.82, 2.24) is 9.62 Å². The van der Waals surface area contributed by atoms with E-state index in [1.54, 1.807) is 4.90 Å². The molecule has 1 N–H and O–H groups in total. The van der Waals surface area contributed by atoms with Crippen LogP contribution in [0, 0.1) is 11.3 Å². The number of nitrogens with zero attached hydrogens (tertiary/aromatic N) is 2. The number of nitrogens with one attached hydrogen (secondary N) is 1. The van der Waals surface area contributed by atoms with Gasteiger partial charge in [0.05, 0.1) is 43.8 Å². The third-order valence-corrected chi connectivity index (χ3v) is 7.75. The van der Waals surface area contributed by atoms with E-state index in [4.69, 9.17) is 14.2 Å². The maximum absolute atomic E-state index is 13.0. The van der Waals surface area contributed by atoms with Gasteiger partial charge in [0.2, 0.25) is 10.0 Å². The highest BCUT2D eigenvalue weighted by Crippen LogP contribution is 2.37. The molecule has 1 aromatic rings. The van der Waals surface area contributed by atoms with Crippen LogP contribution in [0.25, 0.3) is 0 Å². The highest BCUT2D eigenvalue weighted by molar-refractivity contribution is 7.88. The first-order valence-corrected chi connectivity index (χ1v) is 13.8. The second-order valence-corrected chi connectivity index (χ2v) is 11.3. The molecule has 1 saturated heterocycles. The van der Waals surface area contributed by atoms with Gasteiger partial charge in [-0.05, 0) is 62.6 Å². The molecule has 10 heteroatoms. The van der Waals surface area contributed by atoms with Crippen LogP contribution in [0.4, 0.5) is 4.79 Å². The van der Waals surface area contributed by atoms with Gasteiger partial charge >= 0.3 is 6.09 Å². The average molecular weight is 492 g/mol. The first-order chi connectivity index (χ1) is 16.2. The lowest BCUT2D eigenvalue weighted by molar-refractivity contribution is -0.0106. The van der Waals surface area contributed by atoms with Crippen LogP contribution >= 0.6 is 0 Å². The second-order valence-electron chi connectivity index (χ2n) is 9.55. The first-order valence-electron chi connectivity index (χ1n) is 12.0. The summed E-state index contributed by atoms with van der Waals surface area (Å²) in [5.41, 5.74) is 1.66. The molecule has 1 aliphatic carbocycles. The molecule has 3 aliphatic heterocycles. The summed E-state index contributed by atoms with van der Waals surface area (Å²) >= 11 is 0. The Hall–Kier alpha value is -2.35. The Morgan fingerprint density at radius 3 is 2.59 bits per heavy atom. The molecule has 186 valence electrons. The molecule has 4 aliphatic rings. The van der Waals surface area contributed by atoms with Gasteiger partial charge in [-0.25, -0.2) is 17.9 Å². The van der Waals surface area contributed by atoms with E-state index in [1.807, 2.05) is 25.1 Å². The topological polar surface area (TPSA) is 118 Å². The highest BCUT2D eigenvalue weighted by Gasteiger charge is 2.44. The number of benzene rings is 1. The Balaban J connectivity index is 1.54. The van der Waals surface area contributed by atoms with Gasteiger partial charge in [-0.15, -0.1) is 0 Å². The van der Waals surface area contributed by atoms with Crippen molar-refractivity contribution in [2.75, 3.05) is 26.1 Å². The molecule has 0 aromatic heterocycles. The smallest absolute Gasteiger partial charge is 0.410 e. The lowest BCUT2D eigenvalue weighted by Gasteiger charge is -2.33. The monoisotopic (exact) mass is 491 g/mol. The van der Waals surface area contributed by atoms with Gasteiger partial charge in [0, 0.05) is 18.5 Å². The molecule has 2 fully saturated rings. The number of sulfonamides is 1. The minimum absolute atomic E-state index is 0.0497. The lowest BCUT2D eigenvalue weighted by atomic mass is 9.82. The fourth-order valence-corrected chi connectivity index (χ4v) is 6.15. The third kappa shape index (κ3) is 5.82. The van der Waals surface area contributed by atoms with Crippen LogP contribution in [-0.4, -0.2) is 69.7 Å². The van der Waals surface area contributed by atoms with E-state index in [2.05, 4.69) is 10.8 Å². The SMILES string of the molecule is CC1C[C@H](NS(C)(=O)=O)C2COC3CCC(CC3)c3ccc(C#N)c(c3)OCCCOC(=O)N12. The molecule has 0 spiro atoms. The van der Waals surface area contributed by atoms with E-state index in [0.717, 1.165) is 37.5 Å². The number of rotatable bonds is 2. The third-order valence-electron chi connectivity index (χ3n) is 7.01. The molecule has 2 unspecified atom stereocenters. The normalized spacial score (nSPS) is 30.6. The maximum atomic E-state index is 13.0. The summed E-state index contributed by atoms with van der Waals surface area (Å²) in [6, 6.07) is 6.92. The van der Waals surface area contributed by atoms with E-state index in [0.29, 0.717) is 36.7 Å². The van der Waals surface area contributed by atoms with E-state index in [1.165, 1.54) is 0 Å². The van der Waals surface area contributed by atoms with Crippen molar-refractivity contribution in [3.8, 4) is 11.8 Å². The number of nitriles is 1. The average Bonchev–Trinajstić information content (AvgIpc) is 3.10. The van der Waals surface area contributed by atoms with Crippen molar-refractivity contribution in [1.29, 1.82) is 5.26 Å². The molecule has 1 saturated carbocycles. The quantitative estimate of drug-likeness (QED) is 0.676. The fraction of sp³-hybridized carbons (Fsp3) is 0.667. The second kappa shape index (κ2) is 10.5. The van der Waals surface area contributed by atoms with Gasteiger partial charge in [-0.3, -0.25) is 4.90 Å². The summed E-state index contributed by atoms with van der Waals surface area (Å²) in [6.07, 6.45) is 5.32. The zero-order valence-electron chi connectivity index (χ0n) is 19.7. The van der Waals surface area contributed by atoms with Gasteiger partial charge in [-0.2, -0.15) is 5.26 Å². The predicted octanol–water partition coefficient (Wildman–Crippen LogP) is 2.90. The van der Waals surface area contributed by atoms with Crippen LogP contribution in [0.5, 0.6) is 5.75 Å². The molecular weight excluding hydrogens is 458 g/mol. The van der Waals surface area contributed by atoms with Crippen molar-refractivity contribution >= 4 is 16.1 Å². The number of hydrogen-bond donors (Lipinski definition) is 1. The molecular formula is C24H33N3O6S. The van der Waals surface area contributed by atoms with Crippen LogP contribution in [0.15, 0.2) is 18.2 Å². The van der Waals surface area contributed by atoms with Crippen LogP contribution in [0.3, 0.4) is 0 Å². The van der Waals surface area contributed by atoms with E-state index >= 15 is 0 Å². The Morgan fingerprint density at radius 1 is 1.15 bits per heavy atom. The van der Waals surface area contributed by atoms with Gasteiger partial charge in [0.15, 0.2) is 0 Å². The van der Waals surface area contributed by atoms with Gasteiger partial charge in [-0.1, -0.05) is 6.07 Å². The predicted molar refractivity (Wildman–Crippen MR) is 125 cm³/mol. The van der Waals surface area contributed by atoms with E-state index in [9.17, 15) is 18.5 Å². The number of ether oxygens (including phenoxy) is 3. The highest BCUT2D eigenvalue weighted by atomic mass is 32.2. The van der Waals surface area contributed by atoms with Gasteiger partial charge < -0.3 is 14.2 Å². The summed E-state index contributed by atoms with van der Waals surface area (Å²) < 4.78 is 44.2. The fourth-order valence-electron chi connectivity index (χ4n) is 5.35. The molecule has 1 aromatic carbocycles. The molecule has 34 heavy (non-hydrogen) atoms. The summed E-state index contributed by atoms with van der Waals surface area (Å²) in [7, 11) is -3.44. The summed E-state index contributed by atoms with van der Waals surface area (Å²) in [6.45, 7) is 2.63. The summed E-state index contributed by atoms with van der Waals surface area (Å²) in [5, 5.41) is 9.44. The largest absolute Gasteiger partial charge is 0.492 e. The Morgan fingerprint density at radius 2 is 1.88 bits per heavy atom. The Labute approximate surface area is 201 Å². The lowest BCUT2D eigenvalue weighted by Crippen LogP contribution is -2.50. The van der Waals surface area contributed by atoms with Crippen molar-refractivity contribution in [2.45, 2.75) is 75.6 Å². The molecule has 1 amide bonds. The molecule has 5 rings (SSSR count). The van der Waals surface area contributed by atoms with Crippen molar-refractivity contribution in [3.63, 3.8) is 0 Å². The van der Waals surface area contributed by atoms with Crippen molar-refractivity contribution in [3.05, 3.63) is 29.3 Å². The number of fused-ring (bicyclic) bond motifs is 8. The summed E-state index contributed by atoms with van der Waals surface area (Å²) in [5.74, 6) is 0.940. The molecule has 3 heterocycles.